The lowest BCUT2D eigenvalue weighted by molar-refractivity contribution is 0.0600. The van der Waals surface area contributed by atoms with Crippen molar-refractivity contribution in [1.29, 1.82) is 0 Å². The summed E-state index contributed by atoms with van der Waals surface area (Å²) in [5.74, 6) is 0.789. The molecule has 17 heavy (non-hydrogen) atoms. The number of carbonyl (C=O) groups excluding carboxylic acids is 1. The molecule has 0 aliphatic carbocycles. The number of Topliss-reactive ketones (excluding diaryl/α,β-unsaturated/α-hetero) is 1. The molecule has 1 fully saturated rings. The van der Waals surface area contributed by atoms with E-state index in [4.69, 9.17) is 4.74 Å². The van der Waals surface area contributed by atoms with Crippen LogP contribution in [-0.4, -0.2) is 19.0 Å². The van der Waals surface area contributed by atoms with E-state index in [1.54, 1.807) is 0 Å². The number of hydrogen-bond acceptors (Lipinski definition) is 2. The van der Waals surface area contributed by atoms with Gasteiger partial charge in [-0.15, -0.1) is 0 Å². The van der Waals surface area contributed by atoms with Gasteiger partial charge >= 0.3 is 0 Å². The molecule has 0 amide bonds. The van der Waals surface area contributed by atoms with Crippen molar-refractivity contribution < 1.29 is 9.53 Å². The minimum Gasteiger partial charge on any atom is -0.381 e. The van der Waals surface area contributed by atoms with E-state index < -0.39 is 0 Å². The maximum absolute atomic E-state index is 12.2. The molecule has 1 aromatic rings. The van der Waals surface area contributed by atoms with Gasteiger partial charge in [0.15, 0.2) is 5.78 Å². The van der Waals surface area contributed by atoms with Crippen molar-refractivity contribution in [3.63, 3.8) is 0 Å². The Morgan fingerprint density at radius 3 is 2.82 bits per heavy atom. The molecule has 0 atom stereocenters. The van der Waals surface area contributed by atoms with Gasteiger partial charge in [-0.05, 0) is 53.8 Å². The van der Waals surface area contributed by atoms with Crippen LogP contribution >= 0.6 is 22.6 Å². The second-order valence-electron chi connectivity index (χ2n) is 4.62. The summed E-state index contributed by atoms with van der Waals surface area (Å²) in [7, 11) is 0. The first-order valence-corrected chi connectivity index (χ1v) is 7.12. The van der Waals surface area contributed by atoms with Gasteiger partial charge in [0.25, 0.3) is 0 Å². The molecular weight excluding hydrogens is 327 g/mol. The molecule has 0 saturated carbocycles. The highest BCUT2D eigenvalue weighted by molar-refractivity contribution is 14.1. The molecule has 0 radical (unpaired) electrons. The summed E-state index contributed by atoms with van der Waals surface area (Å²) in [6.45, 7) is 3.67. The fraction of sp³-hybridized carbons (Fsp3) is 0.500. The summed E-state index contributed by atoms with van der Waals surface area (Å²) < 4.78 is 6.42. The van der Waals surface area contributed by atoms with Gasteiger partial charge in [0.1, 0.15) is 0 Å². The van der Waals surface area contributed by atoms with E-state index >= 15 is 0 Å². The van der Waals surface area contributed by atoms with Crippen molar-refractivity contribution in [2.75, 3.05) is 13.2 Å². The van der Waals surface area contributed by atoms with Crippen molar-refractivity contribution >= 4 is 28.4 Å². The van der Waals surface area contributed by atoms with Crippen LogP contribution < -0.4 is 0 Å². The molecule has 1 heterocycles. The number of benzene rings is 1. The van der Waals surface area contributed by atoms with Crippen LogP contribution in [0.3, 0.4) is 0 Å². The molecule has 92 valence electrons. The minimum atomic E-state index is 0.282. The molecule has 1 aromatic carbocycles. The van der Waals surface area contributed by atoms with Crippen molar-refractivity contribution in [2.45, 2.75) is 26.2 Å². The molecule has 0 aromatic heterocycles. The van der Waals surface area contributed by atoms with Gasteiger partial charge in [0.05, 0.1) is 0 Å². The number of halogens is 1. The first-order chi connectivity index (χ1) is 8.18. The van der Waals surface area contributed by atoms with Crippen molar-refractivity contribution in [1.82, 2.24) is 0 Å². The summed E-state index contributed by atoms with van der Waals surface area (Å²) in [6, 6.07) is 5.96. The average molecular weight is 344 g/mol. The maximum Gasteiger partial charge on any atom is 0.164 e. The van der Waals surface area contributed by atoms with Crippen molar-refractivity contribution in [3.05, 3.63) is 32.9 Å². The number of aryl methyl sites for hydroxylation is 1. The van der Waals surface area contributed by atoms with Gasteiger partial charge in [-0.3, -0.25) is 4.79 Å². The molecule has 0 N–H and O–H groups in total. The first-order valence-electron chi connectivity index (χ1n) is 6.04. The molecular formula is C14H17IO2. The van der Waals surface area contributed by atoms with E-state index in [9.17, 15) is 4.79 Å². The van der Waals surface area contributed by atoms with Gasteiger partial charge in [0, 0.05) is 28.8 Å². The minimum absolute atomic E-state index is 0.282. The lowest BCUT2D eigenvalue weighted by Crippen LogP contribution is -2.19. The van der Waals surface area contributed by atoms with Crippen molar-refractivity contribution in [2.24, 2.45) is 5.92 Å². The van der Waals surface area contributed by atoms with Crippen LogP contribution in [0.15, 0.2) is 18.2 Å². The van der Waals surface area contributed by atoms with Crippen LogP contribution in [0.2, 0.25) is 0 Å². The SMILES string of the molecule is Cc1cccc(C(=O)CC2CCOCC2)c1I. The fourth-order valence-electron chi connectivity index (χ4n) is 2.19. The Balaban J connectivity index is 2.06. The normalized spacial score (nSPS) is 17.1. The first kappa shape index (κ1) is 13.0. The Labute approximate surface area is 116 Å². The largest absolute Gasteiger partial charge is 0.381 e. The van der Waals surface area contributed by atoms with Crippen molar-refractivity contribution in [3.8, 4) is 0 Å². The van der Waals surface area contributed by atoms with E-state index in [0.29, 0.717) is 12.3 Å². The predicted molar refractivity (Wildman–Crippen MR) is 76.4 cm³/mol. The zero-order chi connectivity index (χ0) is 12.3. The predicted octanol–water partition coefficient (Wildman–Crippen LogP) is 3.60. The third kappa shape index (κ3) is 3.28. The third-order valence-corrected chi connectivity index (χ3v) is 4.74. The summed E-state index contributed by atoms with van der Waals surface area (Å²) in [5, 5.41) is 0. The van der Waals surface area contributed by atoms with Gasteiger partial charge in [-0.2, -0.15) is 0 Å². The topological polar surface area (TPSA) is 26.3 Å². The fourth-order valence-corrected chi connectivity index (χ4v) is 2.85. The second kappa shape index (κ2) is 5.96. The van der Waals surface area contributed by atoms with E-state index in [0.717, 1.165) is 35.2 Å². The van der Waals surface area contributed by atoms with Gasteiger partial charge in [-0.25, -0.2) is 0 Å². The Bertz CT molecular complexity index is 409. The van der Waals surface area contributed by atoms with Gasteiger partial charge in [0.2, 0.25) is 0 Å². The summed E-state index contributed by atoms with van der Waals surface area (Å²) in [5.41, 5.74) is 2.07. The number of rotatable bonds is 3. The molecule has 0 spiro atoms. The van der Waals surface area contributed by atoms with Crippen LogP contribution in [0, 0.1) is 16.4 Å². The molecule has 1 aliphatic rings. The Kier molecular flexibility index (Phi) is 4.56. The summed E-state index contributed by atoms with van der Waals surface area (Å²) in [6.07, 6.45) is 2.71. The molecule has 1 saturated heterocycles. The molecule has 0 bridgehead atoms. The van der Waals surface area contributed by atoms with E-state index in [-0.39, 0.29) is 5.78 Å². The van der Waals surface area contributed by atoms with Crippen LogP contribution in [-0.2, 0) is 4.74 Å². The van der Waals surface area contributed by atoms with Gasteiger partial charge in [-0.1, -0.05) is 18.2 Å². The highest BCUT2D eigenvalue weighted by Gasteiger charge is 2.19. The average Bonchev–Trinajstić information content (AvgIpc) is 2.34. The maximum atomic E-state index is 12.2. The number of ketones is 1. The second-order valence-corrected chi connectivity index (χ2v) is 5.70. The van der Waals surface area contributed by atoms with E-state index in [2.05, 4.69) is 22.6 Å². The quantitative estimate of drug-likeness (QED) is 0.619. The zero-order valence-corrected chi connectivity index (χ0v) is 12.2. The standard InChI is InChI=1S/C14H17IO2/c1-10-3-2-4-12(14(10)15)13(16)9-11-5-7-17-8-6-11/h2-4,11H,5-9H2,1H3. The Hall–Kier alpha value is -0.420. The van der Waals surface area contributed by atoms with E-state index in [1.165, 1.54) is 5.56 Å². The number of hydrogen-bond donors (Lipinski definition) is 0. The smallest absolute Gasteiger partial charge is 0.164 e. The highest BCUT2D eigenvalue weighted by Crippen LogP contribution is 2.24. The Morgan fingerprint density at radius 1 is 1.41 bits per heavy atom. The third-order valence-electron chi connectivity index (χ3n) is 3.31. The van der Waals surface area contributed by atoms with Crippen LogP contribution in [0.1, 0.15) is 35.2 Å². The lowest BCUT2D eigenvalue weighted by Gasteiger charge is -2.21. The Morgan fingerprint density at radius 2 is 2.12 bits per heavy atom. The zero-order valence-electron chi connectivity index (χ0n) is 10.0. The number of ether oxygens (including phenoxy) is 1. The summed E-state index contributed by atoms with van der Waals surface area (Å²) in [4.78, 5) is 12.2. The number of carbonyl (C=O) groups is 1. The molecule has 1 aliphatic heterocycles. The molecule has 2 nitrogen and oxygen atoms in total. The van der Waals surface area contributed by atoms with Crippen LogP contribution in [0.25, 0.3) is 0 Å². The van der Waals surface area contributed by atoms with Crippen LogP contribution in [0.5, 0.6) is 0 Å². The van der Waals surface area contributed by atoms with E-state index in [1.807, 2.05) is 25.1 Å². The summed E-state index contributed by atoms with van der Waals surface area (Å²) >= 11 is 2.27. The van der Waals surface area contributed by atoms with Gasteiger partial charge < -0.3 is 4.74 Å². The molecule has 0 unspecified atom stereocenters. The molecule has 2 rings (SSSR count). The molecule has 3 heteroatoms. The van der Waals surface area contributed by atoms with Crippen LogP contribution in [0.4, 0.5) is 0 Å². The monoisotopic (exact) mass is 344 g/mol. The highest BCUT2D eigenvalue weighted by atomic mass is 127. The lowest BCUT2D eigenvalue weighted by atomic mass is 9.91.